The minimum atomic E-state index is -2.59. The average Bonchev–Trinajstić information content (AvgIpc) is 2.71. The Hall–Kier alpha value is -2.94. The Morgan fingerprint density at radius 2 is 1.93 bits per heavy atom. The van der Waals surface area contributed by atoms with E-state index in [4.69, 9.17) is 0 Å². The molecule has 0 unspecified atom stereocenters. The molecular formula is C19H20F2N6O. The third-order valence-corrected chi connectivity index (χ3v) is 4.89. The van der Waals surface area contributed by atoms with Crippen LogP contribution in [0.25, 0.3) is 10.9 Å². The number of aromatic nitrogens is 4. The standard InChI is InChI=1S/C19H20F2N6O/c20-18(21)12-27-13-22-17-10-15(3-4-16(17)19(27)28)26-8-6-25(7-9-26)11-14-2-1-5-23-24-14/h1-5,10,13,18H,6-9,11-12H2. The molecular weight excluding hydrogens is 366 g/mol. The Balaban J connectivity index is 1.46. The highest BCUT2D eigenvalue weighted by molar-refractivity contribution is 5.81. The van der Waals surface area contributed by atoms with Crippen LogP contribution in [0.1, 0.15) is 5.69 Å². The van der Waals surface area contributed by atoms with Crippen LogP contribution < -0.4 is 10.5 Å². The first-order valence-corrected chi connectivity index (χ1v) is 9.11. The number of halogens is 2. The zero-order valence-electron chi connectivity index (χ0n) is 15.2. The molecule has 9 heteroatoms. The Bertz CT molecular complexity index is 1000. The van der Waals surface area contributed by atoms with Crippen molar-refractivity contribution in [2.45, 2.75) is 19.5 Å². The minimum absolute atomic E-state index is 0.355. The third kappa shape index (κ3) is 3.99. The number of nitrogens with zero attached hydrogens (tertiary/aromatic N) is 6. The molecule has 0 amide bonds. The van der Waals surface area contributed by atoms with Crippen LogP contribution in [0.3, 0.4) is 0 Å². The summed E-state index contributed by atoms with van der Waals surface area (Å²) in [7, 11) is 0. The first kappa shape index (κ1) is 18.4. The Morgan fingerprint density at radius 1 is 1.11 bits per heavy atom. The van der Waals surface area contributed by atoms with E-state index in [1.165, 1.54) is 6.33 Å². The molecule has 1 aliphatic heterocycles. The first-order chi connectivity index (χ1) is 13.6. The Kier molecular flexibility index (Phi) is 5.25. The second kappa shape index (κ2) is 7.97. The molecule has 0 spiro atoms. The van der Waals surface area contributed by atoms with Crippen LogP contribution in [0.5, 0.6) is 0 Å². The Morgan fingerprint density at radius 3 is 2.64 bits per heavy atom. The van der Waals surface area contributed by atoms with Crippen LogP contribution >= 0.6 is 0 Å². The summed E-state index contributed by atoms with van der Waals surface area (Å²) in [5, 5.41) is 8.39. The lowest BCUT2D eigenvalue weighted by Crippen LogP contribution is -2.46. The van der Waals surface area contributed by atoms with Crippen molar-refractivity contribution in [3.05, 3.63) is 58.9 Å². The summed E-state index contributed by atoms with van der Waals surface area (Å²) < 4.78 is 26.1. The number of hydrogen-bond acceptors (Lipinski definition) is 6. The van der Waals surface area contributed by atoms with Crippen molar-refractivity contribution in [2.24, 2.45) is 0 Å². The van der Waals surface area contributed by atoms with Gasteiger partial charge in [-0.3, -0.25) is 14.3 Å². The second-order valence-electron chi connectivity index (χ2n) is 6.77. The number of rotatable bonds is 5. The third-order valence-electron chi connectivity index (χ3n) is 4.89. The molecule has 0 saturated carbocycles. The average molecular weight is 386 g/mol. The van der Waals surface area contributed by atoms with Gasteiger partial charge in [-0.15, -0.1) is 0 Å². The van der Waals surface area contributed by atoms with Gasteiger partial charge in [0.25, 0.3) is 12.0 Å². The minimum Gasteiger partial charge on any atom is -0.369 e. The van der Waals surface area contributed by atoms with E-state index in [1.54, 1.807) is 12.3 Å². The number of fused-ring (bicyclic) bond motifs is 1. The smallest absolute Gasteiger partial charge is 0.261 e. The van der Waals surface area contributed by atoms with Crippen LogP contribution in [0.2, 0.25) is 0 Å². The second-order valence-corrected chi connectivity index (χ2v) is 6.77. The molecule has 7 nitrogen and oxygen atoms in total. The van der Waals surface area contributed by atoms with Crippen molar-refractivity contribution in [3.63, 3.8) is 0 Å². The van der Waals surface area contributed by atoms with Gasteiger partial charge in [0.1, 0.15) is 0 Å². The molecule has 3 aromatic rings. The van der Waals surface area contributed by atoms with Crippen LogP contribution in [-0.4, -0.2) is 57.3 Å². The summed E-state index contributed by atoms with van der Waals surface area (Å²) in [6.45, 7) is 3.58. The maximum absolute atomic E-state index is 12.6. The molecule has 0 radical (unpaired) electrons. The van der Waals surface area contributed by atoms with Crippen molar-refractivity contribution in [1.82, 2.24) is 24.6 Å². The molecule has 28 heavy (non-hydrogen) atoms. The number of benzene rings is 1. The van der Waals surface area contributed by atoms with Crippen molar-refractivity contribution in [2.75, 3.05) is 31.1 Å². The fraction of sp³-hybridized carbons (Fsp3) is 0.368. The van der Waals surface area contributed by atoms with Gasteiger partial charge in [-0.05, 0) is 30.3 Å². The van der Waals surface area contributed by atoms with Gasteiger partial charge in [0.05, 0.1) is 29.5 Å². The van der Waals surface area contributed by atoms with Crippen LogP contribution in [0.4, 0.5) is 14.5 Å². The normalized spacial score (nSPS) is 15.5. The summed E-state index contributed by atoms with van der Waals surface area (Å²) in [6.07, 6.45) is 0.270. The fourth-order valence-corrected chi connectivity index (χ4v) is 3.43. The summed E-state index contributed by atoms with van der Waals surface area (Å²) in [5.41, 5.74) is 2.01. The predicted octanol–water partition coefficient (Wildman–Crippen LogP) is 1.77. The highest BCUT2D eigenvalue weighted by Crippen LogP contribution is 2.21. The molecule has 0 N–H and O–H groups in total. The number of piperazine rings is 1. The van der Waals surface area contributed by atoms with Crippen molar-refractivity contribution in [1.29, 1.82) is 0 Å². The van der Waals surface area contributed by atoms with E-state index >= 15 is 0 Å². The van der Waals surface area contributed by atoms with Gasteiger partial charge in [0.15, 0.2) is 0 Å². The van der Waals surface area contributed by atoms with Crippen molar-refractivity contribution in [3.8, 4) is 0 Å². The maximum atomic E-state index is 12.6. The monoisotopic (exact) mass is 386 g/mol. The van der Waals surface area contributed by atoms with E-state index in [0.717, 1.165) is 48.7 Å². The van der Waals surface area contributed by atoms with Gasteiger partial charge in [0, 0.05) is 44.6 Å². The lowest BCUT2D eigenvalue weighted by Gasteiger charge is -2.35. The number of alkyl halides is 2. The molecule has 146 valence electrons. The lowest BCUT2D eigenvalue weighted by atomic mass is 10.2. The highest BCUT2D eigenvalue weighted by atomic mass is 19.3. The molecule has 4 rings (SSSR count). The van der Waals surface area contributed by atoms with E-state index in [9.17, 15) is 13.6 Å². The zero-order valence-corrected chi connectivity index (χ0v) is 15.2. The van der Waals surface area contributed by atoms with Gasteiger partial charge in [0.2, 0.25) is 0 Å². The lowest BCUT2D eigenvalue weighted by molar-refractivity contribution is 0.125. The molecule has 1 aromatic carbocycles. The molecule has 1 aliphatic rings. The summed E-state index contributed by atoms with van der Waals surface area (Å²) in [5.74, 6) is 0. The summed E-state index contributed by atoms with van der Waals surface area (Å²) in [6, 6.07) is 9.23. The van der Waals surface area contributed by atoms with E-state index in [2.05, 4.69) is 25.0 Å². The van der Waals surface area contributed by atoms with E-state index in [1.807, 2.05) is 24.3 Å². The molecule has 1 saturated heterocycles. The van der Waals surface area contributed by atoms with E-state index < -0.39 is 18.5 Å². The van der Waals surface area contributed by atoms with Gasteiger partial charge in [-0.1, -0.05) is 0 Å². The Labute approximate surface area is 160 Å². The SMILES string of the molecule is O=c1c2ccc(N3CCN(Cc4cccnn4)CC3)cc2ncn1CC(F)F. The van der Waals surface area contributed by atoms with Crippen LogP contribution in [0, 0.1) is 0 Å². The van der Waals surface area contributed by atoms with Gasteiger partial charge < -0.3 is 4.90 Å². The van der Waals surface area contributed by atoms with Gasteiger partial charge in [-0.25, -0.2) is 13.8 Å². The summed E-state index contributed by atoms with van der Waals surface area (Å²) >= 11 is 0. The van der Waals surface area contributed by atoms with Crippen molar-refractivity contribution < 1.29 is 8.78 Å². The molecule has 1 fully saturated rings. The van der Waals surface area contributed by atoms with Gasteiger partial charge in [-0.2, -0.15) is 10.2 Å². The number of hydrogen-bond donors (Lipinski definition) is 0. The van der Waals surface area contributed by atoms with E-state index in [0.29, 0.717) is 10.9 Å². The van der Waals surface area contributed by atoms with Crippen molar-refractivity contribution >= 4 is 16.6 Å². The largest absolute Gasteiger partial charge is 0.369 e. The molecule has 2 aromatic heterocycles. The molecule has 0 bridgehead atoms. The first-order valence-electron chi connectivity index (χ1n) is 9.11. The summed E-state index contributed by atoms with van der Waals surface area (Å²) in [4.78, 5) is 21.1. The predicted molar refractivity (Wildman–Crippen MR) is 102 cm³/mol. The number of anilines is 1. The topological polar surface area (TPSA) is 67.2 Å². The fourth-order valence-electron chi connectivity index (χ4n) is 3.43. The van der Waals surface area contributed by atoms with Crippen LogP contribution in [-0.2, 0) is 13.1 Å². The van der Waals surface area contributed by atoms with Gasteiger partial charge >= 0.3 is 0 Å². The quantitative estimate of drug-likeness (QED) is 0.666. The molecule has 3 heterocycles. The van der Waals surface area contributed by atoms with E-state index in [-0.39, 0.29) is 0 Å². The van der Waals surface area contributed by atoms with Crippen LogP contribution in [0.15, 0.2) is 47.7 Å². The molecule has 0 aliphatic carbocycles. The molecule has 0 atom stereocenters. The highest BCUT2D eigenvalue weighted by Gasteiger charge is 2.18. The zero-order chi connectivity index (χ0) is 19.5. The maximum Gasteiger partial charge on any atom is 0.261 e.